The van der Waals surface area contributed by atoms with Gasteiger partial charge in [-0.15, -0.1) is 0 Å². The minimum atomic E-state index is -4.45. The van der Waals surface area contributed by atoms with Crippen LogP contribution in [0.15, 0.2) is 55.0 Å². The molecule has 0 aromatic carbocycles. The fourth-order valence-corrected chi connectivity index (χ4v) is 4.69. The van der Waals surface area contributed by atoms with Crippen LogP contribution in [0.25, 0.3) is 11.4 Å². The Morgan fingerprint density at radius 1 is 1.09 bits per heavy atom. The molecule has 1 saturated carbocycles. The molecule has 4 heterocycles. The predicted molar refractivity (Wildman–Crippen MR) is 113 cm³/mol. The summed E-state index contributed by atoms with van der Waals surface area (Å²) in [5.41, 5.74) is 1.66. The number of piperidine rings is 1. The number of pyridine rings is 3. The van der Waals surface area contributed by atoms with Crippen LogP contribution in [0.2, 0.25) is 0 Å². The van der Waals surface area contributed by atoms with Crippen LogP contribution in [0, 0.1) is 12.8 Å². The van der Waals surface area contributed by atoms with E-state index < -0.39 is 11.7 Å². The van der Waals surface area contributed by atoms with E-state index in [1.54, 1.807) is 23.4 Å². The van der Waals surface area contributed by atoms with Crippen molar-refractivity contribution in [2.75, 3.05) is 6.54 Å². The molecular weight excluding hydrogens is 433 g/mol. The number of hydrogen-bond donors (Lipinski definition) is 0. The molecule has 1 amide bonds. The number of rotatable bonds is 4. The Kier molecular flexibility index (Phi) is 5.26. The number of halogens is 3. The summed E-state index contributed by atoms with van der Waals surface area (Å²) in [5.74, 6) is 0.252. The molecule has 1 saturated heterocycles. The highest BCUT2D eigenvalue weighted by atomic mass is 19.4. The largest absolute Gasteiger partial charge is 0.472 e. The van der Waals surface area contributed by atoms with Gasteiger partial charge in [-0.1, -0.05) is 6.07 Å². The number of ether oxygens (including phenoxy) is 1. The first-order valence-corrected chi connectivity index (χ1v) is 10.7. The first-order chi connectivity index (χ1) is 15.8. The van der Waals surface area contributed by atoms with Crippen LogP contribution < -0.4 is 4.74 Å². The second-order valence-corrected chi connectivity index (χ2v) is 8.53. The smallest absolute Gasteiger partial charge is 0.417 e. The molecule has 9 heteroatoms. The van der Waals surface area contributed by atoms with E-state index in [0.717, 1.165) is 30.7 Å². The van der Waals surface area contributed by atoms with Crippen molar-refractivity contribution in [2.45, 2.75) is 38.1 Å². The quantitative estimate of drug-likeness (QED) is 0.579. The topological polar surface area (TPSA) is 68.2 Å². The van der Waals surface area contributed by atoms with Gasteiger partial charge in [0.1, 0.15) is 11.8 Å². The van der Waals surface area contributed by atoms with E-state index in [0.29, 0.717) is 23.5 Å². The van der Waals surface area contributed by atoms with Crippen molar-refractivity contribution in [3.63, 3.8) is 0 Å². The molecule has 3 aromatic heterocycles. The minimum absolute atomic E-state index is 0.124. The van der Waals surface area contributed by atoms with Crippen molar-refractivity contribution >= 4 is 5.91 Å². The van der Waals surface area contributed by atoms with Gasteiger partial charge in [-0.25, -0.2) is 4.98 Å². The van der Waals surface area contributed by atoms with Gasteiger partial charge in [-0.3, -0.25) is 14.8 Å². The molecule has 2 fully saturated rings. The average Bonchev–Trinajstić information content (AvgIpc) is 3.39. The third-order valence-electron chi connectivity index (χ3n) is 6.18. The Morgan fingerprint density at radius 3 is 2.61 bits per heavy atom. The van der Waals surface area contributed by atoms with Crippen molar-refractivity contribution in [1.29, 1.82) is 0 Å². The molecule has 5 rings (SSSR count). The summed E-state index contributed by atoms with van der Waals surface area (Å²) >= 11 is 0. The Balaban J connectivity index is 1.37. The molecule has 2 bridgehead atoms. The summed E-state index contributed by atoms with van der Waals surface area (Å²) in [6.07, 6.45) is 0.874. The van der Waals surface area contributed by atoms with Crippen molar-refractivity contribution in [1.82, 2.24) is 19.9 Å². The van der Waals surface area contributed by atoms with Crippen molar-refractivity contribution in [2.24, 2.45) is 5.92 Å². The number of carbonyl (C=O) groups excluding carboxylic acids is 1. The highest BCUT2D eigenvalue weighted by molar-refractivity contribution is 6.00. The van der Waals surface area contributed by atoms with Gasteiger partial charge >= 0.3 is 6.18 Å². The van der Waals surface area contributed by atoms with Gasteiger partial charge in [0.2, 0.25) is 5.88 Å². The summed E-state index contributed by atoms with van der Waals surface area (Å²) in [6, 6.07) is 9.28. The van der Waals surface area contributed by atoms with Crippen LogP contribution in [0.4, 0.5) is 13.2 Å². The Morgan fingerprint density at radius 2 is 1.94 bits per heavy atom. The molecule has 2 aliphatic rings. The molecule has 3 atom stereocenters. The Labute approximate surface area is 188 Å². The Hall–Kier alpha value is -3.49. The monoisotopic (exact) mass is 454 g/mol. The zero-order valence-electron chi connectivity index (χ0n) is 17.8. The van der Waals surface area contributed by atoms with E-state index in [-0.39, 0.29) is 29.9 Å². The number of fused-ring (bicyclic) bond motifs is 2. The van der Waals surface area contributed by atoms with Crippen LogP contribution in [0.5, 0.6) is 5.88 Å². The normalized spacial score (nSPS) is 21.9. The van der Waals surface area contributed by atoms with Crippen LogP contribution in [0.1, 0.15) is 34.3 Å². The van der Waals surface area contributed by atoms with E-state index in [1.807, 2.05) is 25.1 Å². The van der Waals surface area contributed by atoms with Crippen LogP contribution >= 0.6 is 0 Å². The lowest BCUT2D eigenvalue weighted by molar-refractivity contribution is -0.137. The molecule has 33 heavy (non-hydrogen) atoms. The SMILES string of the molecule is Cc1cnc(-c2ccccn2)c(C(=O)N2CC3CC(Oc4ccc(C(F)(F)F)cn4)C2C3)c1. The summed E-state index contributed by atoms with van der Waals surface area (Å²) in [7, 11) is 0. The summed E-state index contributed by atoms with van der Waals surface area (Å²) < 4.78 is 44.3. The molecule has 1 aliphatic heterocycles. The second-order valence-electron chi connectivity index (χ2n) is 8.53. The number of likely N-dealkylation sites (tertiary alicyclic amines) is 1. The number of aryl methyl sites for hydroxylation is 1. The maximum atomic E-state index is 13.6. The molecular formula is C24H21F3N4O2. The summed E-state index contributed by atoms with van der Waals surface area (Å²) in [4.78, 5) is 28.0. The Bertz CT molecular complexity index is 1170. The zero-order chi connectivity index (χ0) is 23.2. The van der Waals surface area contributed by atoms with Gasteiger partial charge in [0, 0.05) is 31.2 Å². The van der Waals surface area contributed by atoms with Crippen LogP contribution in [-0.4, -0.2) is 44.4 Å². The van der Waals surface area contributed by atoms with Crippen molar-refractivity contribution < 1.29 is 22.7 Å². The highest BCUT2D eigenvalue weighted by Crippen LogP contribution is 2.41. The van der Waals surface area contributed by atoms with E-state index in [4.69, 9.17) is 4.74 Å². The first kappa shape index (κ1) is 21.4. The lowest BCUT2D eigenvalue weighted by atomic mass is 10.0. The average molecular weight is 454 g/mol. The first-order valence-electron chi connectivity index (χ1n) is 10.7. The molecule has 1 aliphatic carbocycles. The number of carbonyl (C=O) groups is 1. The van der Waals surface area contributed by atoms with Crippen LogP contribution in [-0.2, 0) is 6.18 Å². The number of aromatic nitrogens is 3. The molecule has 0 spiro atoms. The fourth-order valence-electron chi connectivity index (χ4n) is 4.69. The number of nitrogens with zero attached hydrogens (tertiary/aromatic N) is 4. The molecule has 3 unspecified atom stereocenters. The molecule has 0 N–H and O–H groups in total. The third kappa shape index (κ3) is 4.15. The highest BCUT2D eigenvalue weighted by Gasteiger charge is 2.49. The van der Waals surface area contributed by atoms with Gasteiger partial charge in [-0.05, 0) is 55.5 Å². The van der Waals surface area contributed by atoms with Crippen molar-refractivity contribution in [3.05, 3.63) is 71.7 Å². The molecule has 3 aromatic rings. The maximum absolute atomic E-state index is 13.6. The van der Waals surface area contributed by atoms with Crippen molar-refractivity contribution in [3.8, 4) is 17.3 Å². The van der Waals surface area contributed by atoms with E-state index >= 15 is 0 Å². The van der Waals surface area contributed by atoms with Gasteiger partial charge in [0.15, 0.2) is 0 Å². The number of hydrogen-bond acceptors (Lipinski definition) is 5. The zero-order valence-corrected chi connectivity index (χ0v) is 17.8. The number of amides is 1. The van der Waals surface area contributed by atoms with E-state index in [2.05, 4.69) is 15.0 Å². The standard InChI is InChI=1S/C24H21F3N4O2/c1-14-8-17(22(30-11-14)18-4-2-3-7-28-18)23(32)31-13-15-9-19(31)20(10-15)33-21-6-5-16(12-29-21)24(25,26)27/h2-8,11-12,15,19-20H,9-10,13H2,1H3. The summed E-state index contributed by atoms with van der Waals surface area (Å²) in [6.45, 7) is 2.49. The van der Waals surface area contributed by atoms with E-state index in [1.165, 1.54) is 6.07 Å². The van der Waals surface area contributed by atoms with Gasteiger partial charge in [0.25, 0.3) is 5.91 Å². The fraction of sp³-hybridized carbons (Fsp3) is 0.333. The summed E-state index contributed by atoms with van der Waals surface area (Å²) in [5, 5.41) is 0. The molecule has 170 valence electrons. The third-order valence-corrected chi connectivity index (χ3v) is 6.18. The van der Waals surface area contributed by atoms with Gasteiger partial charge < -0.3 is 9.64 Å². The number of alkyl halides is 3. The van der Waals surface area contributed by atoms with Gasteiger partial charge in [-0.2, -0.15) is 13.2 Å². The molecule has 0 radical (unpaired) electrons. The van der Waals surface area contributed by atoms with Crippen LogP contribution in [0.3, 0.4) is 0 Å². The van der Waals surface area contributed by atoms with E-state index in [9.17, 15) is 18.0 Å². The lowest BCUT2D eigenvalue weighted by Gasteiger charge is -2.33. The molecule has 6 nitrogen and oxygen atoms in total. The second kappa shape index (κ2) is 8.13. The minimum Gasteiger partial charge on any atom is -0.472 e. The lowest BCUT2D eigenvalue weighted by Crippen LogP contribution is -2.47. The van der Waals surface area contributed by atoms with Gasteiger partial charge in [0.05, 0.1) is 22.9 Å². The maximum Gasteiger partial charge on any atom is 0.417 e. The predicted octanol–water partition coefficient (Wildman–Crippen LogP) is 4.55.